The summed E-state index contributed by atoms with van der Waals surface area (Å²) < 4.78 is 6.72. The Kier molecular flexibility index (Phi) is 7.36. The highest BCUT2D eigenvalue weighted by molar-refractivity contribution is 5.95. The van der Waals surface area contributed by atoms with Gasteiger partial charge in [-0.2, -0.15) is 0 Å². The molecule has 1 aliphatic carbocycles. The second kappa shape index (κ2) is 12.9. The Balaban J connectivity index is 1.18. The van der Waals surface area contributed by atoms with Crippen LogP contribution in [-0.2, 0) is 5.41 Å². The standard InChI is InChI=1S/C52H33N3O/c1-4-15-34(16-5-1)35-27-29-36(30-28-35)40-21-14-22-42-41-32-31-39(51-54-49(37-17-6-2-7-18-37)53-50(55-51)38-19-8-3-9-20-38)33-45(41)52(48(40)42)43-23-10-12-25-46(43)56-47-26-13-11-24-44(47)52/h1-33H. The molecule has 56 heavy (non-hydrogen) atoms. The third-order valence-electron chi connectivity index (χ3n) is 11.2. The smallest absolute Gasteiger partial charge is 0.164 e. The molecule has 0 saturated heterocycles. The highest BCUT2D eigenvalue weighted by Gasteiger charge is 2.52. The lowest BCUT2D eigenvalue weighted by Gasteiger charge is -2.40. The van der Waals surface area contributed by atoms with Crippen molar-refractivity contribution in [2.75, 3.05) is 0 Å². The average Bonchev–Trinajstić information content (AvgIpc) is 3.57. The Morgan fingerprint density at radius 1 is 0.304 bits per heavy atom. The first-order valence-corrected chi connectivity index (χ1v) is 18.9. The lowest BCUT2D eigenvalue weighted by Crippen LogP contribution is -2.32. The first-order chi connectivity index (χ1) is 27.8. The van der Waals surface area contributed by atoms with E-state index in [9.17, 15) is 0 Å². The van der Waals surface area contributed by atoms with Crippen LogP contribution >= 0.6 is 0 Å². The molecule has 262 valence electrons. The Morgan fingerprint density at radius 3 is 1.34 bits per heavy atom. The molecule has 9 aromatic rings. The van der Waals surface area contributed by atoms with Gasteiger partial charge in [0.15, 0.2) is 17.5 Å². The maximum absolute atomic E-state index is 6.72. The number of benzene rings is 8. The predicted octanol–water partition coefficient (Wildman–Crippen LogP) is 12.7. The predicted molar refractivity (Wildman–Crippen MR) is 224 cm³/mol. The van der Waals surface area contributed by atoms with Gasteiger partial charge in [-0.15, -0.1) is 0 Å². The highest BCUT2D eigenvalue weighted by Crippen LogP contribution is 2.64. The van der Waals surface area contributed by atoms with Crippen molar-refractivity contribution in [3.63, 3.8) is 0 Å². The van der Waals surface area contributed by atoms with Gasteiger partial charge < -0.3 is 4.74 Å². The first kappa shape index (κ1) is 32.0. The summed E-state index contributed by atoms with van der Waals surface area (Å²) in [4.78, 5) is 15.3. The van der Waals surface area contributed by atoms with Crippen LogP contribution in [0.3, 0.4) is 0 Å². The summed E-state index contributed by atoms with van der Waals surface area (Å²) in [5.41, 5.74) is 13.8. The molecule has 0 N–H and O–H groups in total. The van der Waals surface area contributed by atoms with E-state index in [2.05, 4.69) is 140 Å². The molecular formula is C52H33N3O. The second-order valence-corrected chi connectivity index (χ2v) is 14.3. The molecule has 0 radical (unpaired) electrons. The molecule has 2 heterocycles. The van der Waals surface area contributed by atoms with E-state index in [1.807, 2.05) is 60.7 Å². The fourth-order valence-corrected chi connectivity index (χ4v) is 8.75. The summed E-state index contributed by atoms with van der Waals surface area (Å²) in [6.07, 6.45) is 0. The number of hydrogen-bond donors (Lipinski definition) is 0. The SMILES string of the molecule is c1ccc(-c2ccc(-c3cccc4c3C3(c5ccccc5Oc5ccccc53)c3cc(-c5nc(-c6ccccc6)nc(-c6ccccc6)n5)ccc3-4)cc2)cc1. The Labute approximate surface area is 325 Å². The molecule has 2 aliphatic rings. The van der Waals surface area contributed by atoms with E-state index in [4.69, 9.17) is 19.7 Å². The molecule has 4 nitrogen and oxygen atoms in total. The molecule has 0 amide bonds. The van der Waals surface area contributed by atoms with Crippen molar-refractivity contribution >= 4 is 0 Å². The number of rotatable bonds is 5. The number of nitrogens with zero attached hydrogens (tertiary/aromatic N) is 3. The number of para-hydroxylation sites is 2. The van der Waals surface area contributed by atoms with E-state index < -0.39 is 5.41 Å². The monoisotopic (exact) mass is 715 g/mol. The highest BCUT2D eigenvalue weighted by atomic mass is 16.5. The molecule has 11 rings (SSSR count). The number of aromatic nitrogens is 3. The van der Waals surface area contributed by atoms with E-state index in [0.29, 0.717) is 17.5 Å². The van der Waals surface area contributed by atoms with Gasteiger partial charge in [-0.25, -0.2) is 15.0 Å². The van der Waals surface area contributed by atoms with Crippen LogP contribution in [-0.4, -0.2) is 15.0 Å². The Bertz CT molecular complexity index is 2820. The van der Waals surface area contributed by atoms with Crippen molar-refractivity contribution in [2.45, 2.75) is 5.41 Å². The zero-order valence-corrected chi connectivity index (χ0v) is 30.3. The summed E-state index contributed by atoms with van der Waals surface area (Å²) >= 11 is 0. The van der Waals surface area contributed by atoms with Gasteiger partial charge in [0.05, 0.1) is 5.41 Å². The Morgan fingerprint density at radius 2 is 0.750 bits per heavy atom. The summed E-state index contributed by atoms with van der Waals surface area (Å²) in [6, 6.07) is 70.3. The van der Waals surface area contributed by atoms with Gasteiger partial charge in [0.1, 0.15) is 11.5 Å². The van der Waals surface area contributed by atoms with E-state index in [1.54, 1.807) is 0 Å². The number of fused-ring (bicyclic) bond motifs is 9. The topological polar surface area (TPSA) is 47.9 Å². The van der Waals surface area contributed by atoms with Crippen molar-refractivity contribution in [3.8, 4) is 79.0 Å². The lowest BCUT2D eigenvalue weighted by molar-refractivity contribution is 0.436. The molecule has 1 aromatic heterocycles. The van der Waals surface area contributed by atoms with Crippen LogP contribution in [0.5, 0.6) is 11.5 Å². The second-order valence-electron chi connectivity index (χ2n) is 14.3. The van der Waals surface area contributed by atoms with Crippen molar-refractivity contribution < 1.29 is 4.74 Å². The zero-order chi connectivity index (χ0) is 37.1. The molecule has 4 heteroatoms. The van der Waals surface area contributed by atoms with Crippen molar-refractivity contribution in [3.05, 3.63) is 222 Å². The molecule has 8 aromatic carbocycles. The van der Waals surface area contributed by atoms with E-state index in [0.717, 1.165) is 44.9 Å². The van der Waals surface area contributed by atoms with Gasteiger partial charge >= 0.3 is 0 Å². The lowest BCUT2D eigenvalue weighted by atomic mass is 9.64. The summed E-state index contributed by atoms with van der Waals surface area (Å²) in [6.45, 7) is 0. The minimum Gasteiger partial charge on any atom is -0.457 e. The Hall–Kier alpha value is -7.43. The van der Waals surface area contributed by atoms with Crippen LogP contribution in [0.15, 0.2) is 200 Å². The molecule has 0 atom stereocenters. The van der Waals surface area contributed by atoms with Crippen LogP contribution in [0, 0.1) is 0 Å². The fourth-order valence-electron chi connectivity index (χ4n) is 8.75. The molecule has 1 aliphatic heterocycles. The molecule has 0 bridgehead atoms. The summed E-state index contributed by atoms with van der Waals surface area (Å²) in [5, 5.41) is 0. The van der Waals surface area contributed by atoms with Crippen molar-refractivity contribution in [1.29, 1.82) is 0 Å². The van der Waals surface area contributed by atoms with Crippen LogP contribution in [0.25, 0.3) is 67.5 Å². The van der Waals surface area contributed by atoms with Gasteiger partial charge in [0.25, 0.3) is 0 Å². The molecule has 1 spiro atoms. The van der Waals surface area contributed by atoms with Gasteiger partial charge in [-0.3, -0.25) is 0 Å². The van der Waals surface area contributed by atoms with Crippen molar-refractivity contribution in [2.24, 2.45) is 0 Å². The average molecular weight is 716 g/mol. The molecule has 0 unspecified atom stereocenters. The fraction of sp³-hybridized carbons (Fsp3) is 0.0192. The zero-order valence-electron chi connectivity index (χ0n) is 30.3. The van der Waals surface area contributed by atoms with Gasteiger partial charge in [-0.1, -0.05) is 182 Å². The van der Waals surface area contributed by atoms with Gasteiger partial charge in [0.2, 0.25) is 0 Å². The molecule has 0 fully saturated rings. The van der Waals surface area contributed by atoms with Gasteiger partial charge in [-0.05, 0) is 62.7 Å². The van der Waals surface area contributed by atoms with E-state index >= 15 is 0 Å². The number of ether oxygens (including phenoxy) is 1. The summed E-state index contributed by atoms with van der Waals surface area (Å²) in [7, 11) is 0. The first-order valence-electron chi connectivity index (χ1n) is 18.9. The van der Waals surface area contributed by atoms with Crippen LogP contribution in [0.1, 0.15) is 22.3 Å². The largest absolute Gasteiger partial charge is 0.457 e. The van der Waals surface area contributed by atoms with E-state index in [-0.39, 0.29) is 0 Å². The van der Waals surface area contributed by atoms with Crippen molar-refractivity contribution in [1.82, 2.24) is 15.0 Å². The van der Waals surface area contributed by atoms with Gasteiger partial charge in [0, 0.05) is 27.8 Å². The van der Waals surface area contributed by atoms with Crippen LogP contribution < -0.4 is 4.74 Å². The summed E-state index contributed by atoms with van der Waals surface area (Å²) in [5.74, 6) is 3.59. The maximum atomic E-state index is 6.72. The minimum atomic E-state index is -0.696. The third-order valence-corrected chi connectivity index (χ3v) is 11.2. The number of hydrogen-bond acceptors (Lipinski definition) is 4. The third kappa shape index (κ3) is 4.96. The molecular weight excluding hydrogens is 683 g/mol. The maximum Gasteiger partial charge on any atom is 0.164 e. The quantitative estimate of drug-likeness (QED) is 0.178. The van der Waals surface area contributed by atoms with Crippen LogP contribution in [0.2, 0.25) is 0 Å². The minimum absolute atomic E-state index is 0.622. The van der Waals surface area contributed by atoms with E-state index in [1.165, 1.54) is 38.9 Å². The normalized spacial score (nSPS) is 12.9. The van der Waals surface area contributed by atoms with Crippen LogP contribution in [0.4, 0.5) is 0 Å². The molecule has 0 saturated carbocycles.